The third kappa shape index (κ3) is 4.64. The topological polar surface area (TPSA) is 135 Å². The van der Waals surface area contributed by atoms with Crippen LogP contribution in [0.1, 0.15) is 42.8 Å². The summed E-state index contributed by atoms with van der Waals surface area (Å²) in [6.07, 6.45) is -2.60. The van der Waals surface area contributed by atoms with Crippen molar-refractivity contribution in [2.24, 2.45) is 0 Å². The Morgan fingerprint density at radius 2 is 1.62 bits per heavy atom. The van der Waals surface area contributed by atoms with Gasteiger partial charge in [0.2, 0.25) is 11.9 Å². The summed E-state index contributed by atoms with van der Waals surface area (Å²) in [4.78, 5) is 47.6. The van der Waals surface area contributed by atoms with Crippen LogP contribution in [-0.2, 0) is 19.1 Å². The van der Waals surface area contributed by atoms with Crippen molar-refractivity contribution < 1.29 is 48.0 Å². The third-order valence-electron chi connectivity index (χ3n) is 4.41. The molecule has 0 bridgehead atoms. The second-order valence-electron chi connectivity index (χ2n) is 6.85. The first-order chi connectivity index (χ1) is 15.1. The molecule has 0 saturated heterocycles. The minimum Gasteiger partial charge on any atom is -0.507 e. The van der Waals surface area contributed by atoms with Gasteiger partial charge in [-0.2, -0.15) is 0 Å². The molecule has 1 N–H and O–H groups in total. The van der Waals surface area contributed by atoms with Crippen molar-refractivity contribution >= 4 is 23.7 Å². The van der Waals surface area contributed by atoms with E-state index in [2.05, 4.69) is 0 Å². The van der Waals surface area contributed by atoms with Gasteiger partial charge in [-0.25, -0.2) is 0 Å². The van der Waals surface area contributed by atoms with Crippen LogP contribution in [0.3, 0.4) is 0 Å². The summed E-state index contributed by atoms with van der Waals surface area (Å²) >= 11 is 0. The van der Waals surface area contributed by atoms with E-state index in [0.717, 1.165) is 13.0 Å². The molecule has 0 saturated carbocycles. The summed E-state index contributed by atoms with van der Waals surface area (Å²) in [6.45, 7) is 3.52. The van der Waals surface area contributed by atoms with E-state index in [0.29, 0.717) is 5.56 Å². The number of Topliss-reactive ketones (excluding diaryl/α,β-unsaturated/α-hetero) is 1. The molecule has 1 aliphatic rings. The molecule has 0 unspecified atom stereocenters. The van der Waals surface area contributed by atoms with Gasteiger partial charge in [-0.05, 0) is 12.1 Å². The highest BCUT2D eigenvalue weighted by molar-refractivity contribution is 6.06. The molecule has 0 aromatic heterocycles. The number of carbonyl (C=O) groups is 4. The SMILES string of the molecule is COc1ccc([C@H]2Oc3cc(OC(C)=O)cc(O)c3C(=O)[C@@H]2OC(C)=O)cc1OC(C)=O. The molecular weight excluding hydrogens is 424 g/mol. The zero-order valence-corrected chi connectivity index (χ0v) is 17.7. The van der Waals surface area contributed by atoms with Gasteiger partial charge in [0.25, 0.3) is 0 Å². The van der Waals surface area contributed by atoms with E-state index >= 15 is 0 Å². The Kier molecular flexibility index (Phi) is 6.33. The van der Waals surface area contributed by atoms with Crippen molar-refractivity contribution in [1.82, 2.24) is 0 Å². The fraction of sp³-hybridized carbons (Fsp3) is 0.273. The fourth-order valence-corrected chi connectivity index (χ4v) is 3.26. The van der Waals surface area contributed by atoms with Crippen molar-refractivity contribution in [2.45, 2.75) is 33.0 Å². The number of ether oxygens (including phenoxy) is 5. The van der Waals surface area contributed by atoms with Crippen LogP contribution in [0.5, 0.6) is 28.7 Å². The molecule has 0 radical (unpaired) electrons. The summed E-state index contributed by atoms with van der Waals surface area (Å²) in [5.41, 5.74) is 0.0989. The van der Waals surface area contributed by atoms with Gasteiger partial charge in [-0.1, -0.05) is 6.07 Å². The molecule has 10 heteroatoms. The number of carbonyl (C=O) groups excluding carboxylic acids is 4. The number of fused-ring (bicyclic) bond motifs is 1. The van der Waals surface area contributed by atoms with Gasteiger partial charge in [-0.3, -0.25) is 19.2 Å². The number of rotatable bonds is 5. The van der Waals surface area contributed by atoms with E-state index in [4.69, 9.17) is 23.7 Å². The van der Waals surface area contributed by atoms with Crippen LogP contribution in [-0.4, -0.2) is 42.0 Å². The summed E-state index contributed by atoms with van der Waals surface area (Å²) in [6, 6.07) is 6.80. The van der Waals surface area contributed by atoms with Crippen molar-refractivity contribution in [3.63, 3.8) is 0 Å². The summed E-state index contributed by atoms with van der Waals surface area (Å²) in [7, 11) is 1.39. The number of phenolic OH excluding ortho intramolecular Hbond substituents is 1. The van der Waals surface area contributed by atoms with Gasteiger partial charge in [0.15, 0.2) is 17.6 Å². The zero-order valence-electron chi connectivity index (χ0n) is 17.7. The Balaban J connectivity index is 2.12. The number of ketones is 1. The van der Waals surface area contributed by atoms with Gasteiger partial charge >= 0.3 is 17.9 Å². The lowest BCUT2D eigenvalue weighted by Crippen LogP contribution is -2.39. The molecule has 0 aliphatic carbocycles. The molecule has 0 fully saturated rings. The maximum atomic E-state index is 13.1. The van der Waals surface area contributed by atoms with E-state index < -0.39 is 41.6 Å². The highest BCUT2D eigenvalue weighted by atomic mass is 16.6. The number of hydrogen-bond donors (Lipinski definition) is 1. The Morgan fingerprint density at radius 1 is 0.938 bits per heavy atom. The van der Waals surface area contributed by atoms with Crippen molar-refractivity contribution in [3.05, 3.63) is 41.5 Å². The van der Waals surface area contributed by atoms with Crippen LogP contribution in [0.4, 0.5) is 0 Å². The number of aromatic hydroxyl groups is 1. The fourth-order valence-electron chi connectivity index (χ4n) is 3.26. The van der Waals surface area contributed by atoms with Gasteiger partial charge in [0.05, 0.1) is 7.11 Å². The Morgan fingerprint density at radius 3 is 2.22 bits per heavy atom. The van der Waals surface area contributed by atoms with E-state index in [1.807, 2.05) is 0 Å². The summed E-state index contributed by atoms with van der Waals surface area (Å²) in [5, 5.41) is 10.3. The second kappa shape index (κ2) is 8.96. The molecule has 32 heavy (non-hydrogen) atoms. The lowest BCUT2D eigenvalue weighted by atomic mass is 9.92. The predicted octanol–water partition coefficient (Wildman–Crippen LogP) is 2.50. The lowest BCUT2D eigenvalue weighted by molar-refractivity contribution is -0.149. The monoisotopic (exact) mass is 444 g/mol. The van der Waals surface area contributed by atoms with Crippen molar-refractivity contribution in [1.29, 1.82) is 0 Å². The Hall–Kier alpha value is -4.08. The molecule has 0 amide bonds. The standard InChI is InChI=1S/C22H20O10/c1-10(23)29-14-8-15(26)19-18(9-14)32-21(22(20(19)27)31-12(3)25)13-5-6-16(28-4)17(7-13)30-11(2)24/h5-9,21-22,26H,1-4H3/t21-,22+/m1/s1. The molecule has 1 heterocycles. The molecule has 3 rings (SSSR count). The molecule has 10 nitrogen and oxygen atoms in total. The van der Waals surface area contributed by atoms with E-state index in [1.165, 1.54) is 39.2 Å². The van der Waals surface area contributed by atoms with E-state index in [9.17, 15) is 24.3 Å². The normalized spacial score (nSPS) is 16.9. The quantitative estimate of drug-likeness (QED) is 0.541. The highest BCUT2D eigenvalue weighted by Gasteiger charge is 2.43. The van der Waals surface area contributed by atoms with Gasteiger partial charge < -0.3 is 28.8 Å². The molecule has 168 valence electrons. The first kappa shape index (κ1) is 22.6. The molecule has 0 spiro atoms. The van der Waals surface area contributed by atoms with Gasteiger partial charge in [0.1, 0.15) is 22.8 Å². The Labute approximate surface area is 182 Å². The van der Waals surface area contributed by atoms with Crippen LogP contribution >= 0.6 is 0 Å². The van der Waals surface area contributed by atoms with Gasteiger partial charge in [-0.15, -0.1) is 0 Å². The average Bonchev–Trinajstić information content (AvgIpc) is 2.68. The molecular formula is C22H20O10. The van der Waals surface area contributed by atoms with E-state index in [1.54, 1.807) is 6.07 Å². The summed E-state index contributed by atoms with van der Waals surface area (Å²) < 4.78 is 26.4. The first-order valence-corrected chi connectivity index (χ1v) is 9.40. The van der Waals surface area contributed by atoms with E-state index in [-0.39, 0.29) is 28.6 Å². The smallest absolute Gasteiger partial charge is 0.308 e. The molecule has 1 aliphatic heterocycles. The second-order valence-corrected chi connectivity index (χ2v) is 6.85. The first-order valence-electron chi connectivity index (χ1n) is 9.40. The number of esters is 3. The van der Waals surface area contributed by atoms with Crippen molar-refractivity contribution in [3.8, 4) is 28.7 Å². The lowest BCUT2D eigenvalue weighted by Gasteiger charge is -2.32. The predicted molar refractivity (Wildman–Crippen MR) is 107 cm³/mol. The Bertz CT molecular complexity index is 1100. The maximum Gasteiger partial charge on any atom is 0.308 e. The van der Waals surface area contributed by atoms with Crippen LogP contribution in [0, 0.1) is 0 Å². The number of benzene rings is 2. The van der Waals surface area contributed by atoms with Crippen LogP contribution in [0.2, 0.25) is 0 Å². The number of phenols is 1. The third-order valence-corrected chi connectivity index (χ3v) is 4.41. The van der Waals surface area contributed by atoms with Crippen LogP contribution in [0.15, 0.2) is 30.3 Å². The van der Waals surface area contributed by atoms with Crippen LogP contribution < -0.4 is 18.9 Å². The molecule has 2 aromatic rings. The zero-order chi connectivity index (χ0) is 23.6. The van der Waals surface area contributed by atoms with Crippen LogP contribution in [0.25, 0.3) is 0 Å². The molecule has 2 atom stereocenters. The largest absolute Gasteiger partial charge is 0.507 e. The average molecular weight is 444 g/mol. The molecule has 2 aromatic carbocycles. The number of methoxy groups -OCH3 is 1. The minimum absolute atomic E-state index is 0.0402. The minimum atomic E-state index is -1.44. The number of hydrogen-bond acceptors (Lipinski definition) is 10. The highest BCUT2D eigenvalue weighted by Crippen LogP contribution is 2.44. The van der Waals surface area contributed by atoms with Crippen molar-refractivity contribution in [2.75, 3.05) is 7.11 Å². The maximum absolute atomic E-state index is 13.1. The van der Waals surface area contributed by atoms with Gasteiger partial charge in [0, 0.05) is 38.5 Å². The summed E-state index contributed by atoms with van der Waals surface area (Å²) in [5.74, 6) is -3.00.